The Labute approximate surface area is 108 Å². The van der Waals surface area contributed by atoms with Gasteiger partial charge in [-0.05, 0) is 41.7 Å². The third-order valence-electron chi connectivity index (χ3n) is 3.03. The summed E-state index contributed by atoms with van der Waals surface area (Å²) in [7, 11) is 0. The maximum absolute atomic E-state index is 2.31. The zero-order valence-corrected chi connectivity index (χ0v) is 11.4. The highest BCUT2D eigenvalue weighted by Gasteiger charge is 2.14. The van der Waals surface area contributed by atoms with E-state index in [0.717, 1.165) is 5.92 Å². The van der Waals surface area contributed by atoms with Gasteiger partial charge in [0.1, 0.15) is 0 Å². The predicted octanol–water partition coefficient (Wildman–Crippen LogP) is 5.12. The van der Waals surface area contributed by atoms with Gasteiger partial charge in [0, 0.05) is 4.88 Å². The van der Waals surface area contributed by atoms with Gasteiger partial charge in [0.05, 0.1) is 0 Å². The summed E-state index contributed by atoms with van der Waals surface area (Å²) in [5, 5.41) is 2.19. The SMILES string of the molecule is CC(C)CC(Cc1ccccc1)c1cccs1. The van der Waals surface area contributed by atoms with Crippen LogP contribution in [-0.2, 0) is 6.42 Å². The van der Waals surface area contributed by atoms with E-state index in [9.17, 15) is 0 Å². The van der Waals surface area contributed by atoms with Gasteiger partial charge in [-0.2, -0.15) is 0 Å². The molecule has 0 saturated heterocycles. The normalized spacial score (nSPS) is 12.9. The molecule has 1 atom stereocenters. The van der Waals surface area contributed by atoms with E-state index in [4.69, 9.17) is 0 Å². The molecular weight excluding hydrogens is 224 g/mol. The molecule has 1 heteroatoms. The standard InChI is InChI=1S/C16H20S/c1-13(2)11-15(16-9-6-10-17-16)12-14-7-4-3-5-8-14/h3-10,13,15H,11-12H2,1-2H3. The summed E-state index contributed by atoms with van der Waals surface area (Å²) in [4.78, 5) is 1.53. The van der Waals surface area contributed by atoms with E-state index in [1.165, 1.54) is 23.3 Å². The van der Waals surface area contributed by atoms with Gasteiger partial charge in [-0.15, -0.1) is 11.3 Å². The fourth-order valence-electron chi connectivity index (χ4n) is 2.29. The molecule has 0 aliphatic rings. The van der Waals surface area contributed by atoms with Crippen LogP contribution in [0, 0.1) is 5.92 Å². The van der Waals surface area contributed by atoms with Crippen molar-refractivity contribution in [1.82, 2.24) is 0 Å². The van der Waals surface area contributed by atoms with Gasteiger partial charge in [-0.1, -0.05) is 50.2 Å². The third kappa shape index (κ3) is 3.71. The van der Waals surface area contributed by atoms with Crippen molar-refractivity contribution in [3.63, 3.8) is 0 Å². The lowest BCUT2D eigenvalue weighted by atomic mass is 9.90. The van der Waals surface area contributed by atoms with Crippen molar-refractivity contribution in [2.75, 3.05) is 0 Å². The fourth-order valence-corrected chi connectivity index (χ4v) is 3.13. The summed E-state index contributed by atoms with van der Waals surface area (Å²) in [5.74, 6) is 1.43. The van der Waals surface area contributed by atoms with Gasteiger partial charge in [0.15, 0.2) is 0 Å². The minimum Gasteiger partial charge on any atom is -0.149 e. The highest BCUT2D eigenvalue weighted by atomic mass is 32.1. The molecule has 1 heterocycles. The molecule has 1 aromatic carbocycles. The Balaban J connectivity index is 2.11. The molecule has 0 bridgehead atoms. The second kappa shape index (κ2) is 6.02. The number of hydrogen-bond acceptors (Lipinski definition) is 1. The highest BCUT2D eigenvalue weighted by Crippen LogP contribution is 2.30. The van der Waals surface area contributed by atoms with Crippen LogP contribution in [0.25, 0.3) is 0 Å². The molecule has 0 N–H and O–H groups in total. The largest absolute Gasteiger partial charge is 0.149 e. The zero-order chi connectivity index (χ0) is 12.1. The molecule has 1 aromatic heterocycles. The Bertz CT molecular complexity index is 414. The minimum atomic E-state index is 0.678. The van der Waals surface area contributed by atoms with E-state index in [0.29, 0.717) is 5.92 Å². The maximum atomic E-state index is 2.31. The molecule has 0 aliphatic carbocycles. The summed E-state index contributed by atoms with van der Waals surface area (Å²) in [6.07, 6.45) is 2.44. The van der Waals surface area contributed by atoms with Crippen LogP contribution in [0.4, 0.5) is 0 Å². The van der Waals surface area contributed by atoms with E-state index in [1.807, 2.05) is 11.3 Å². The monoisotopic (exact) mass is 244 g/mol. The number of thiophene rings is 1. The van der Waals surface area contributed by atoms with Crippen LogP contribution in [0.1, 0.15) is 36.6 Å². The number of benzene rings is 1. The van der Waals surface area contributed by atoms with Crippen molar-refractivity contribution in [1.29, 1.82) is 0 Å². The molecule has 0 nitrogen and oxygen atoms in total. The number of hydrogen-bond donors (Lipinski definition) is 0. The van der Waals surface area contributed by atoms with E-state index in [-0.39, 0.29) is 0 Å². The summed E-state index contributed by atoms with van der Waals surface area (Å²) in [6, 6.07) is 15.3. The third-order valence-corrected chi connectivity index (χ3v) is 4.06. The average molecular weight is 244 g/mol. The van der Waals surface area contributed by atoms with Gasteiger partial charge in [0.2, 0.25) is 0 Å². The van der Waals surface area contributed by atoms with E-state index < -0.39 is 0 Å². The molecular formula is C16H20S. The quantitative estimate of drug-likeness (QED) is 0.684. The van der Waals surface area contributed by atoms with Crippen LogP contribution in [0.15, 0.2) is 47.8 Å². The van der Waals surface area contributed by atoms with Gasteiger partial charge in [-0.25, -0.2) is 0 Å². The second-order valence-electron chi connectivity index (χ2n) is 5.03. The minimum absolute atomic E-state index is 0.678. The molecule has 2 rings (SSSR count). The molecule has 0 spiro atoms. The lowest BCUT2D eigenvalue weighted by Gasteiger charge is -2.17. The van der Waals surface area contributed by atoms with Crippen LogP contribution in [0.2, 0.25) is 0 Å². The first kappa shape index (κ1) is 12.4. The van der Waals surface area contributed by atoms with Crippen molar-refractivity contribution in [2.24, 2.45) is 5.92 Å². The molecule has 0 fully saturated rings. The lowest BCUT2D eigenvalue weighted by Crippen LogP contribution is -2.05. The Morgan fingerprint density at radius 2 is 1.76 bits per heavy atom. The van der Waals surface area contributed by atoms with E-state index in [1.54, 1.807) is 0 Å². The Morgan fingerprint density at radius 3 is 2.35 bits per heavy atom. The first-order chi connectivity index (χ1) is 8.25. The van der Waals surface area contributed by atoms with Crippen LogP contribution >= 0.6 is 11.3 Å². The van der Waals surface area contributed by atoms with Gasteiger partial charge < -0.3 is 0 Å². The maximum Gasteiger partial charge on any atom is 0.00795 e. The summed E-state index contributed by atoms with van der Waals surface area (Å²) >= 11 is 1.89. The molecule has 1 unspecified atom stereocenters. The summed E-state index contributed by atoms with van der Waals surface area (Å²) in [6.45, 7) is 4.62. The molecule has 2 aromatic rings. The van der Waals surface area contributed by atoms with Crippen LogP contribution in [0.5, 0.6) is 0 Å². The summed E-state index contributed by atoms with van der Waals surface area (Å²) in [5.41, 5.74) is 1.45. The second-order valence-corrected chi connectivity index (χ2v) is 6.01. The van der Waals surface area contributed by atoms with Crippen LogP contribution in [-0.4, -0.2) is 0 Å². The first-order valence-electron chi connectivity index (χ1n) is 6.33. The van der Waals surface area contributed by atoms with Crippen molar-refractivity contribution >= 4 is 11.3 Å². The molecule has 0 amide bonds. The Kier molecular flexibility index (Phi) is 4.38. The lowest BCUT2D eigenvalue weighted by molar-refractivity contribution is 0.502. The van der Waals surface area contributed by atoms with Crippen LogP contribution < -0.4 is 0 Å². The van der Waals surface area contributed by atoms with Crippen molar-refractivity contribution in [2.45, 2.75) is 32.6 Å². The van der Waals surface area contributed by atoms with Crippen molar-refractivity contribution < 1.29 is 0 Å². The van der Waals surface area contributed by atoms with E-state index in [2.05, 4.69) is 61.7 Å². The molecule has 0 radical (unpaired) electrons. The van der Waals surface area contributed by atoms with E-state index >= 15 is 0 Å². The number of rotatable bonds is 5. The first-order valence-corrected chi connectivity index (χ1v) is 7.21. The van der Waals surface area contributed by atoms with Crippen molar-refractivity contribution in [3.8, 4) is 0 Å². The molecule has 90 valence electrons. The Hall–Kier alpha value is -1.08. The van der Waals surface area contributed by atoms with Gasteiger partial charge in [0.25, 0.3) is 0 Å². The fraction of sp³-hybridized carbons (Fsp3) is 0.375. The topological polar surface area (TPSA) is 0 Å². The van der Waals surface area contributed by atoms with Gasteiger partial charge >= 0.3 is 0 Å². The van der Waals surface area contributed by atoms with Crippen LogP contribution in [0.3, 0.4) is 0 Å². The summed E-state index contributed by atoms with van der Waals surface area (Å²) < 4.78 is 0. The molecule has 17 heavy (non-hydrogen) atoms. The Morgan fingerprint density at radius 1 is 1.00 bits per heavy atom. The highest BCUT2D eigenvalue weighted by molar-refractivity contribution is 7.10. The molecule has 0 aliphatic heterocycles. The average Bonchev–Trinajstić information content (AvgIpc) is 2.82. The molecule has 0 saturated carbocycles. The van der Waals surface area contributed by atoms with Crippen molar-refractivity contribution in [3.05, 3.63) is 58.3 Å². The smallest absolute Gasteiger partial charge is 0.00795 e. The van der Waals surface area contributed by atoms with Gasteiger partial charge in [-0.3, -0.25) is 0 Å². The predicted molar refractivity (Wildman–Crippen MR) is 76.7 cm³/mol. The zero-order valence-electron chi connectivity index (χ0n) is 10.6.